The van der Waals surface area contributed by atoms with E-state index in [4.69, 9.17) is 11.6 Å². The molecular formula is C44H49ClN8O6S2. The van der Waals surface area contributed by atoms with Crippen molar-refractivity contribution < 1.29 is 23.2 Å². The summed E-state index contributed by atoms with van der Waals surface area (Å²) in [5, 5.41) is 27.0. The number of rotatable bonds is 17. The highest BCUT2D eigenvalue weighted by molar-refractivity contribution is 7.99. The molecule has 1 aromatic heterocycles. The van der Waals surface area contributed by atoms with E-state index in [1.165, 1.54) is 47.6 Å². The number of sulfonamides is 1. The molecule has 5 aromatic rings. The fraction of sp³-hybridized carbons (Fsp3) is 0.341. The molecule has 0 amide bonds. The molecule has 2 aliphatic rings. The van der Waals surface area contributed by atoms with Crippen LogP contribution >= 0.6 is 23.4 Å². The molecule has 17 heteroatoms. The Morgan fingerprint density at radius 3 is 2.43 bits per heavy atom. The molecule has 0 radical (unpaired) electrons. The van der Waals surface area contributed by atoms with Gasteiger partial charge < -0.3 is 20.2 Å². The van der Waals surface area contributed by atoms with E-state index in [2.05, 4.69) is 41.9 Å². The fourth-order valence-electron chi connectivity index (χ4n) is 7.83. The van der Waals surface area contributed by atoms with Crippen LogP contribution in [0, 0.1) is 10.1 Å². The number of hydrogen-bond donors (Lipinski definition) is 3. The lowest BCUT2D eigenvalue weighted by atomic mass is 9.87. The largest absolute Gasteiger partial charge is 0.478 e. The van der Waals surface area contributed by atoms with E-state index in [0.717, 1.165) is 73.3 Å². The van der Waals surface area contributed by atoms with Gasteiger partial charge in [-0.15, -0.1) is 11.8 Å². The van der Waals surface area contributed by atoms with Gasteiger partial charge >= 0.3 is 5.97 Å². The van der Waals surface area contributed by atoms with Gasteiger partial charge in [0.1, 0.15) is 12.0 Å². The number of carboxylic acid groups (broad SMARTS) is 1. The van der Waals surface area contributed by atoms with Crippen LogP contribution in [0.5, 0.6) is 0 Å². The molecule has 1 aliphatic heterocycles. The van der Waals surface area contributed by atoms with E-state index in [-0.39, 0.29) is 17.5 Å². The van der Waals surface area contributed by atoms with Crippen molar-refractivity contribution in [3.8, 4) is 0 Å². The van der Waals surface area contributed by atoms with Crippen LogP contribution < -0.4 is 14.9 Å². The lowest BCUT2D eigenvalue weighted by molar-refractivity contribution is -0.384. The van der Waals surface area contributed by atoms with Crippen molar-refractivity contribution in [3.63, 3.8) is 0 Å². The Kier molecular flexibility index (Phi) is 14.1. The van der Waals surface area contributed by atoms with E-state index >= 15 is 0 Å². The van der Waals surface area contributed by atoms with Gasteiger partial charge in [0.25, 0.3) is 15.7 Å². The summed E-state index contributed by atoms with van der Waals surface area (Å²) >= 11 is 7.70. The maximum Gasteiger partial charge on any atom is 0.338 e. The molecule has 3 N–H and O–H groups in total. The number of nitrogens with zero attached hydrogens (tertiary/aromatic N) is 6. The predicted molar refractivity (Wildman–Crippen MR) is 244 cm³/mol. The molecule has 1 aliphatic carbocycles. The second kappa shape index (κ2) is 19.6. The Morgan fingerprint density at radius 2 is 1.72 bits per heavy atom. The molecule has 0 saturated carbocycles. The second-order valence-electron chi connectivity index (χ2n) is 15.6. The minimum absolute atomic E-state index is 0.0398. The third-order valence-electron chi connectivity index (χ3n) is 11.1. The number of carbonyl (C=O) groups is 1. The molecule has 4 aromatic carbocycles. The van der Waals surface area contributed by atoms with Gasteiger partial charge in [-0.25, -0.2) is 23.2 Å². The van der Waals surface area contributed by atoms with Gasteiger partial charge in [0.2, 0.25) is 0 Å². The summed E-state index contributed by atoms with van der Waals surface area (Å²) in [5.41, 5.74) is 4.16. The Labute approximate surface area is 365 Å². The van der Waals surface area contributed by atoms with Crippen LogP contribution in [-0.2, 0) is 10.0 Å². The minimum Gasteiger partial charge on any atom is -0.478 e. The quantitative estimate of drug-likeness (QED) is 0.0462. The molecule has 1 atom stereocenters. The van der Waals surface area contributed by atoms with Crippen molar-refractivity contribution >= 4 is 78.7 Å². The summed E-state index contributed by atoms with van der Waals surface area (Å²) in [6, 6.07) is 24.7. The zero-order valence-electron chi connectivity index (χ0n) is 34.1. The highest BCUT2D eigenvalue weighted by Crippen LogP contribution is 2.36. The number of halogens is 1. The molecule has 2 heterocycles. The summed E-state index contributed by atoms with van der Waals surface area (Å²) in [7, 11) is -0.776. The molecule has 0 bridgehead atoms. The van der Waals surface area contributed by atoms with Crippen molar-refractivity contribution in [3.05, 3.63) is 123 Å². The number of allylic oxidation sites excluding steroid dienone is 1. The third kappa shape index (κ3) is 11.0. The van der Waals surface area contributed by atoms with E-state index in [1.807, 2.05) is 73.6 Å². The van der Waals surface area contributed by atoms with Crippen LogP contribution in [-0.4, -0.2) is 109 Å². The van der Waals surface area contributed by atoms with E-state index in [9.17, 15) is 28.4 Å². The zero-order valence-corrected chi connectivity index (χ0v) is 36.5. The van der Waals surface area contributed by atoms with Gasteiger partial charge in [-0.2, -0.15) is 0 Å². The Hall–Kier alpha value is -5.26. The van der Waals surface area contributed by atoms with E-state index in [1.54, 1.807) is 6.07 Å². The number of thioether (sulfide) groups is 1. The third-order valence-corrected chi connectivity index (χ3v) is 13.8. The predicted octanol–water partition coefficient (Wildman–Crippen LogP) is 8.36. The first-order chi connectivity index (χ1) is 29.3. The second-order valence-corrected chi connectivity index (χ2v) is 18.8. The number of aromatic carboxylic acids is 1. The molecule has 61 heavy (non-hydrogen) atoms. The Morgan fingerprint density at radius 1 is 0.984 bits per heavy atom. The number of fused-ring (bicyclic) bond motifs is 1. The van der Waals surface area contributed by atoms with Crippen LogP contribution in [0.15, 0.2) is 107 Å². The van der Waals surface area contributed by atoms with Crippen LogP contribution in [0.1, 0.15) is 48.0 Å². The normalized spacial score (nSPS) is 15.6. The molecular weight excluding hydrogens is 836 g/mol. The average molecular weight is 886 g/mol. The summed E-state index contributed by atoms with van der Waals surface area (Å²) in [6.45, 7) is 4.92. The summed E-state index contributed by atoms with van der Waals surface area (Å²) in [4.78, 5) is 40.2. The maximum atomic E-state index is 13.9. The molecule has 0 unspecified atom stereocenters. The van der Waals surface area contributed by atoms with Crippen LogP contribution in [0.25, 0.3) is 16.5 Å². The number of nitrogens with one attached hydrogen (secondary N) is 2. The Balaban J connectivity index is 1.07. The van der Waals surface area contributed by atoms with Crippen molar-refractivity contribution in [2.45, 2.75) is 47.9 Å². The van der Waals surface area contributed by atoms with Gasteiger partial charge in [-0.05, 0) is 112 Å². The lowest BCUT2D eigenvalue weighted by Crippen LogP contribution is -2.47. The van der Waals surface area contributed by atoms with Crippen molar-refractivity contribution in [1.82, 2.24) is 19.8 Å². The van der Waals surface area contributed by atoms with E-state index in [0.29, 0.717) is 29.6 Å². The minimum atomic E-state index is -4.57. The molecule has 320 valence electrons. The highest BCUT2D eigenvalue weighted by Gasteiger charge is 2.30. The number of aromatic nitrogens is 2. The summed E-state index contributed by atoms with van der Waals surface area (Å²) in [6.07, 6.45) is 6.35. The van der Waals surface area contributed by atoms with Crippen molar-refractivity contribution in [2.24, 2.45) is 0 Å². The fourth-order valence-corrected chi connectivity index (χ4v) is 10.0. The maximum absolute atomic E-state index is 13.9. The number of hydrogen-bond acceptors (Lipinski definition) is 12. The van der Waals surface area contributed by atoms with Crippen LogP contribution in [0.3, 0.4) is 0 Å². The SMILES string of the molecule is CN(C)CC[C@H](CSc1ccccc1)Nc1c(C(=O)O)cc(S(=O)(=O)Nc2ncnc3cc(N4CCN(CC5=C(c6ccc(Cl)cc6)CCCC5)CC4)ccc23)cc1[N+](=O)[O-]. The van der Waals surface area contributed by atoms with Gasteiger partial charge in [-0.3, -0.25) is 19.7 Å². The molecule has 1 saturated heterocycles. The number of piperazine rings is 1. The van der Waals surface area contributed by atoms with Crippen molar-refractivity contribution in [2.75, 3.05) is 74.1 Å². The topological polar surface area (TPSA) is 174 Å². The first-order valence-electron chi connectivity index (χ1n) is 20.2. The van der Waals surface area contributed by atoms with Gasteiger partial charge in [0.15, 0.2) is 5.82 Å². The van der Waals surface area contributed by atoms with Gasteiger partial charge in [0.05, 0.1) is 20.9 Å². The Bertz CT molecular complexity index is 2480. The first kappa shape index (κ1) is 43.8. The number of benzene rings is 4. The first-order valence-corrected chi connectivity index (χ1v) is 23.1. The molecule has 14 nitrogen and oxygen atoms in total. The monoisotopic (exact) mass is 884 g/mol. The summed E-state index contributed by atoms with van der Waals surface area (Å²) in [5.74, 6) is -1.08. The van der Waals surface area contributed by atoms with Crippen molar-refractivity contribution in [1.29, 1.82) is 0 Å². The lowest BCUT2D eigenvalue weighted by Gasteiger charge is -2.37. The zero-order chi connectivity index (χ0) is 43.1. The number of anilines is 3. The van der Waals surface area contributed by atoms with Crippen LogP contribution in [0.4, 0.5) is 22.9 Å². The van der Waals surface area contributed by atoms with Crippen LogP contribution in [0.2, 0.25) is 5.02 Å². The van der Waals surface area contributed by atoms with Gasteiger partial charge in [-0.1, -0.05) is 47.5 Å². The van der Waals surface area contributed by atoms with Gasteiger partial charge in [0, 0.05) is 71.6 Å². The average Bonchev–Trinajstić information content (AvgIpc) is 3.25. The number of nitro groups is 1. The molecule has 7 rings (SSSR count). The standard InChI is InChI=1S/C44H49ClN8O6S2/c1-50(2)19-18-33(28-60-35-9-4-3-5-10-35)48-42-39(44(54)55)25-36(26-41(42)53(56)57)61(58,59)49-43-38-17-16-34(24-40(38)46-29-47-43)52-22-20-51(21-23-52)27-31-8-6-7-11-37(31)30-12-14-32(45)15-13-30/h3-5,9-10,12-17,24-26,29,33,48H,6-8,11,18-23,27-28H2,1-2H3,(H,54,55)(H,46,47,49)/t33-/m1/s1. The summed E-state index contributed by atoms with van der Waals surface area (Å²) < 4.78 is 30.3. The number of nitro benzene ring substituents is 1. The number of carboxylic acids is 1. The smallest absolute Gasteiger partial charge is 0.338 e. The molecule has 0 spiro atoms. The van der Waals surface area contributed by atoms with E-state index < -0.39 is 37.1 Å². The molecule has 1 fully saturated rings. The highest BCUT2D eigenvalue weighted by atomic mass is 35.5.